The highest BCUT2D eigenvalue weighted by Crippen LogP contribution is 2.25. The molecule has 1 N–H and O–H groups in total. The van der Waals surface area contributed by atoms with Crippen molar-refractivity contribution >= 4 is 40.7 Å². The van der Waals surface area contributed by atoms with Crippen LogP contribution in [-0.4, -0.2) is 130 Å². The first-order valence-electron chi connectivity index (χ1n) is 13.5. The summed E-state index contributed by atoms with van der Waals surface area (Å²) in [6, 6.07) is 10.5. The molecule has 1 aromatic carbocycles. The molecule has 0 unspecified atom stereocenters. The van der Waals surface area contributed by atoms with Crippen LogP contribution in [0.2, 0.25) is 0 Å². The topological polar surface area (TPSA) is 80.3 Å². The quantitative estimate of drug-likeness (QED) is 0.338. The number of piperazine rings is 1. The van der Waals surface area contributed by atoms with Crippen LogP contribution in [0.5, 0.6) is 0 Å². The number of hydrogen-bond donors (Lipinski definition) is 1. The van der Waals surface area contributed by atoms with Crippen LogP contribution in [0.3, 0.4) is 0 Å². The van der Waals surface area contributed by atoms with E-state index >= 15 is 0 Å². The van der Waals surface area contributed by atoms with E-state index in [0.717, 1.165) is 94.6 Å². The number of ether oxygens (including phenoxy) is 1. The van der Waals surface area contributed by atoms with E-state index in [0.29, 0.717) is 6.54 Å². The highest BCUT2D eigenvalue weighted by atomic mass is 32.2. The van der Waals surface area contributed by atoms with Crippen LogP contribution in [0, 0.1) is 0 Å². The minimum absolute atomic E-state index is 0.209. The summed E-state index contributed by atoms with van der Waals surface area (Å²) in [5, 5.41) is 4.21. The summed E-state index contributed by atoms with van der Waals surface area (Å²) < 4.78 is 5.46. The molecular weight excluding hydrogens is 500 g/mol. The van der Waals surface area contributed by atoms with E-state index in [2.05, 4.69) is 49.2 Å². The van der Waals surface area contributed by atoms with Gasteiger partial charge >= 0.3 is 0 Å². The molecule has 208 valence electrons. The van der Waals surface area contributed by atoms with Gasteiger partial charge in [0.25, 0.3) is 0 Å². The molecule has 38 heavy (non-hydrogen) atoms. The lowest BCUT2D eigenvalue weighted by Gasteiger charge is -2.36. The zero-order valence-corrected chi connectivity index (χ0v) is 24.0. The Morgan fingerprint density at radius 3 is 2.34 bits per heavy atom. The van der Waals surface area contributed by atoms with Crippen LogP contribution in [0.4, 0.5) is 23.0 Å². The smallest absolute Gasteiger partial charge is 0.236 e. The lowest BCUT2D eigenvalue weighted by atomic mass is 10.2. The number of carbonyl (C=O) groups excluding carboxylic acids is 1. The Morgan fingerprint density at radius 1 is 1.00 bits per heavy atom. The van der Waals surface area contributed by atoms with Gasteiger partial charge in [0.2, 0.25) is 5.91 Å². The van der Waals surface area contributed by atoms with Crippen molar-refractivity contribution < 1.29 is 9.53 Å². The summed E-state index contributed by atoms with van der Waals surface area (Å²) in [6.07, 6.45) is 2.00. The summed E-state index contributed by atoms with van der Waals surface area (Å²) in [6.45, 7) is 11.7. The fourth-order valence-electron chi connectivity index (χ4n) is 4.66. The number of benzene rings is 1. The van der Waals surface area contributed by atoms with Gasteiger partial charge in [0.1, 0.15) is 11.6 Å². The number of nitrogens with one attached hydrogen (secondary N) is 1. The highest BCUT2D eigenvalue weighted by Gasteiger charge is 2.23. The number of thioether (sulfide) groups is 1. The average Bonchev–Trinajstić information content (AvgIpc) is 2.94. The molecule has 2 fully saturated rings. The van der Waals surface area contributed by atoms with E-state index in [9.17, 15) is 4.79 Å². The third-order valence-electron chi connectivity index (χ3n) is 7.00. The number of nitrogens with zero attached hydrogens (tertiary/aromatic N) is 7. The third-order valence-corrected chi connectivity index (χ3v) is 7.55. The van der Waals surface area contributed by atoms with Gasteiger partial charge in [-0.3, -0.25) is 9.69 Å². The number of aromatic nitrogens is 2. The fraction of sp³-hybridized carbons (Fsp3) is 0.593. The molecule has 10 nitrogen and oxygen atoms in total. The SMILES string of the molecule is CCN(CCN(C)C)C(=O)CN1CCN(c2cc(Nc3ccc(N4CCOCC4)cc3)nc(SC)n2)CC1. The van der Waals surface area contributed by atoms with Crippen LogP contribution in [0.15, 0.2) is 35.5 Å². The second-order valence-corrected chi connectivity index (χ2v) is 10.7. The Bertz CT molecular complexity index is 1020. The maximum atomic E-state index is 12.8. The van der Waals surface area contributed by atoms with Gasteiger partial charge in [-0.05, 0) is 51.5 Å². The van der Waals surface area contributed by atoms with Crippen molar-refractivity contribution in [2.45, 2.75) is 12.1 Å². The second kappa shape index (κ2) is 14.0. The van der Waals surface area contributed by atoms with E-state index in [1.165, 1.54) is 5.69 Å². The summed E-state index contributed by atoms with van der Waals surface area (Å²) in [5.41, 5.74) is 2.21. The molecule has 2 aliphatic rings. The molecule has 0 bridgehead atoms. The highest BCUT2D eigenvalue weighted by molar-refractivity contribution is 7.98. The molecule has 4 rings (SSSR count). The Morgan fingerprint density at radius 2 is 1.71 bits per heavy atom. The summed E-state index contributed by atoms with van der Waals surface area (Å²) in [7, 11) is 4.08. The zero-order chi connectivity index (χ0) is 26.9. The first-order valence-corrected chi connectivity index (χ1v) is 14.7. The molecule has 3 heterocycles. The lowest BCUT2D eigenvalue weighted by molar-refractivity contribution is -0.132. The van der Waals surface area contributed by atoms with Crippen molar-refractivity contribution in [3.05, 3.63) is 30.3 Å². The van der Waals surface area contributed by atoms with E-state index in [1.54, 1.807) is 11.8 Å². The van der Waals surface area contributed by atoms with Gasteiger partial charge in [0, 0.05) is 76.3 Å². The van der Waals surface area contributed by atoms with Crippen LogP contribution in [0.1, 0.15) is 6.92 Å². The van der Waals surface area contributed by atoms with E-state index in [1.807, 2.05) is 38.2 Å². The van der Waals surface area contributed by atoms with Crippen LogP contribution in [0.25, 0.3) is 0 Å². The van der Waals surface area contributed by atoms with Crippen LogP contribution < -0.4 is 15.1 Å². The van der Waals surface area contributed by atoms with Gasteiger partial charge in [-0.1, -0.05) is 11.8 Å². The Hall–Kier alpha value is -2.60. The number of rotatable bonds is 11. The molecule has 1 aromatic heterocycles. The van der Waals surface area contributed by atoms with Crippen LogP contribution >= 0.6 is 11.8 Å². The van der Waals surface area contributed by atoms with Gasteiger partial charge in [0.05, 0.1) is 19.8 Å². The molecule has 2 aromatic rings. The third kappa shape index (κ3) is 7.95. The van der Waals surface area contributed by atoms with Crippen molar-refractivity contribution in [3.8, 4) is 0 Å². The Kier molecular flexibility index (Phi) is 10.4. The minimum atomic E-state index is 0.209. The summed E-state index contributed by atoms with van der Waals surface area (Å²) >= 11 is 1.54. The lowest BCUT2D eigenvalue weighted by Crippen LogP contribution is -2.50. The molecule has 11 heteroatoms. The zero-order valence-electron chi connectivity index (χ0n) is 23.2. The number of hydrogen-bond acceptors (Lipinski definition) is 10. The second-order valence-electron chi connectivity index (χ2n) is 9.91. The number of morpholine rings is 1. The van der Waals surface area contributed by atoms with Crippen molar-refractivity contribution in [1.82, 2.24) is 24.7 Å². The van der Waals surface area contributed by atoms with Gasteiger partial charge in [-0.25, -0.2) is 9.97 Å². The number of likely N-dealkylation sites (N-methyl/N-ethyl adjacent to an activating group) is 2. The van der Waals surface area contributed by atoms with E-state index in [4.69, 9.17) is 14.7 Å². The number of anilines is 4. The van der Waals surface area contributed by atoms with Gasteiger partial charge in [0.15, 0.2) is 5.16 Å². The van der Waals surface area contributed by atoms with Gasteiger partial charge in [-0.15, -0.1) is 0 Å². The predicted molar refractivity (Wildman–Crippen MR) is 156 cm³/mol. The summed E-state index contributed by atoms with van der Waals surface area (Å²) in [4.78, 5) is 33.3. The predicted octanol–water partition coefficient (Wildman–Crippen LogP) is 2.31. The molecule has 1 amide bonds. The van der Waals surface area contributed by atoms with Gasteiger partial charge < -0.3 is 29.7 Å². The molecule has 0 atom stereocenters. The molecule has 0 saturated carbocycles. The Labute approximate surface area is 231 Å². The van der Waals surface area contributed by atoms with Crippen molar-refractivity contribution in [2.75, 3.05) is 114 Å². The molecular formula is C27H42N8O2S. The maximum Gasteiger partial charge on any atom is 0.236 e. The fourth-order valence-corrected chi connectivity index (χ4v) is 5.04. The molecule has 2 saturated heterocycles. The van der Waals surface area contributed by atoms with Crippen molar-refractivity contribution in [3.63, 3.8) is 0 Å². The largest absolute Gasteiger partial charge is 0.378 e. The number of carbonyl (C=O) groups is 1. The maximum absolute atomic E-state index is 12.8. The first-order chi connectivity index (χ1) is 18.4. The number of amides is 1. The molecule has 2 aliphatic heterocycles. The van der Waals surface area contributed by atoms with Crippen LogP contribution in [-0.2, 0) is 9.53 Å². The normalized spacial score (nSPS) is 16.7. The van der Waals surface area contributed by atoms with Crippen molar-refractivity contribution in [2.24, 2.45) is 0 Å². The molecule has 0 spiro atoms. The molecule has 0 aliphatic carbocycles. The Balaban J connectivity index is 1.34. The minimum Gasteiger partial charge on any atom is -0.378 e. The van der Waals surface area contributed by atoms with Gasteiger partial charge in [-0.2, -0.15) is 0 Å². The van der Waals surface area contributed by atoms with E-state index in [-0.39, 0.29) is 5.91 Å². The first kappa shape index (κ1) is 28.4. The molecule has 0 radical (unpaired) electrons. The van der Waals surface area contributed by atoms with Crippen molar-refractivity contribution in [1.29, 1.82) is 0 Å². The average molecular weight is 543 g/mol. The van der Waals surface area contributed by atoms with E-state index < -0.39 is 0 Å². The standard InChI is InChI=1S/C27H42N8O2S/c1-5-33(13-10-31(2)3)26(36)21-32-11-14-35(15-12-32)25-20-24(29-27(30-25)38-4)28-22-6-8-23(9-7-22)34-16-18-37-19-17-34/h6-9,20H,5,10-19,21H2,1-4H3,(H,28,29,30). The monoisotopic (exact) mass is 542 g/mol. The summed E-state index contributed by atoms with van der Waals surface area (Å²) in [5.74, 6) is 1.92.